The molecule has 0 rings (SSSR count). The SMILES string of the molecule is CC(C)CC(=O)/C=C(\[O-])C(C)(C)C.C[Si](C)(C)C#C[Si](C)(C)C.[Cu+]. The number of rotatable bonds is 3. The summed E-state index contributed by atoms with van der Waals surface area (Å²) in [7, 11) is -2.19. The van der Waals surface area contributed by atoms with E-state index in [1.807, 2.05) is 34.6 Å². The Hall–Kier alpha value is -0.277. The third kappa shape index (κ3) is 21.7. The van der Waals surface area contributed by atoms with E-state index in [0.29, 0.717) is 12.3 Å². The molecule has 0 unspecified atom stereocenters. The van der Waals surface area contributed by atoms with Crippen LogP contribution in [-0.2, 0) is 21.9 Å². The van der Waals surface area contributed by atoms with E-state index in [1.165, 1.54) is 6.08 Å². The van der Waals surface area contributed by atoms with Crippen LogP contribution >= 0.6 is 0 Å². The van der Waals surface area contributed by atoms with Crippen molar-refractivity contribution < 1.29 is 27.0 Å². The average Bonchev–Trinajstić information content (AvgIpc) is 2.22. The molecule has 0 spiro atoms. The van der Waals surface area contributed by atoms with Gasteiger partial charge < -0.3 is 5.11 Å². The van der Waals surface area contributed by atoms with Crippen LogP contribution in [0.1, 0.15) is 41.0 Å². The van der Waals surface area contributed by atoms with Crippen LogP contribution in [0.5, 0.6) is 0 Å². The quantitative estimate of drug-likeness (QED) is 0.291. The van der Waals surface area contributed by atoms with Gasteiger partial charge in [0, 0.05) is 6.42 Å². The van der Waals surface area contributed by atoms with Crippen molar-refractivity contribution in [3.05, 3.63) is 11.8 Å². The van der Waals surface area contributed by atoms with Gasteiger partial charge >= 0.3 is 17.1 Å². The predicted molar refractivity (Wildman–Crippen MR) is 106 cm³/mol. The molecule has 0 aliphatic heterocycles. The van der Waals surface area contributed by atoms with Crippen molar-refractivity contribution in [1.29, 1.82) is 0 Å². The van der Waals surface area contributed by atoms with Gasteiger partial charge in [0.15, 0.2) is 5.78 Å². The first-order chi connectivity index (χ1) is 9.94. The molecule has 2 nitrogen and oxygen atoms in total. The van der Waals surface area contributed by atoms with Crippen molar-refractivity contribution in [3.8, 4) is 11.1 Å². The molecule has 0 atom stereocenters. The van der Waals surface area contributed by atoms with Gasteiger partial charge in [-0.2, -0.15) is 0 Å². The molecule has 0 bridgehead atoms. The first-order valence-corrected chi connectivity index (χ1v) is 15.4. The third-order valence-corrected chi connectivity index (χ3v) is 4.45. The van der Waals surface area contributed by atoms with Crippen LogP contribution in [0, 0.1) is 22.4 Å². The Bertz CT molecular complexity index is 447. The molecule has 24 heavy (non-hydrogen) atoms. The molecule has 0 aromatic heterocycles. The van der Waals surface area contributed by atoms with Gasteiger partial charge in [-0.25, -0.2) is 0 Å². The van der Waals surface area contributed by atoms with Crippen LogP contribution in [0.3, 0.4) is 0 Å². The predicted octanol–water partition coefficient (Wildman–Crippen LogP) is 4.63. The minimum atomic E-state index is -1.09. The van der Waals surface area contributed by atoms with Crippen LogP contribution in [-0.4, -0.2) is 21.9 Å². The average molecular weight is 417 g/mol. The third-order valence-electron chi connectivity index (χ3n) is 2.45. The van der Waals surface area contributed by atoms with E-state index in [4.69, 9.17) is 0 Å². The first kappa shape index (κ1) is 28.5. The van der Waals surface area contributed by atoms with Crippen LogP contribution in [0.15, 0.2) is 11.8 Å². The second kappa shape index (κ2) is 11.4. The molecule has 0 aromatic rings. The standard InChI is InChI=1S/C11H20O2.C8H18Si2.Cu/c1-8(2)6-9(12)7-10(13)11(3,4)5;1-9(2,3)7-8-10(4,5)6;/h7-8,13H,6H2,1-5H3;1-6H3;/q;;+1/p-1/b10-7-;;. The summed E-state index contributed by atoms with van der Waals surface area (Å²) < 4.78 is 0. The fourth-order valence-electron chi connectivity index (χ4n) is 1.20. The molecule has 0 radical (unpaired) electrons. The Morgan fingerprint density at radius 3 is 1.54 bits per heavy atom. The van der Waals surface area contributed by atoms with E-state index in [0.717, 1.165) is 0 Å². The summed E-state index contributed by atoms with van der Waals surface area (Å²) in [5.41, 5.74) is 6.39. The molecule has 5 heteroatoms. The fourth-order valence-corrected chi connectivity index (χ4v) is 4.20. The maximum absolute atomic E-state index is 11.4. The number of allylic oxidation sites excluding steroid dienone is 2. The monoisotopic (exact) mass is 416 g/mol. The number of carbonyl (C=O) groups excluding carboxylic acids is 1. The minimum absolute atomic E-state index is 0. The van der Waals surface area contributed by atoms with Crippen molar-refractivity contribution in [2.45, 2.75) is 80.3 Å². The Balaban J connectivity index is -0.000000364. The van der Waals surface area contributed by atoms with E-state index < -0.39 is 21.6 Å². The zero-order chi connectivity index (χ0) is 19.1. The molecule has 0 fully saturated rings. The van der Waals surface area contributed by atoms with Gasteiger partial charge in [0.1, 0.15) is 16.1 Å². The van der Waals surface area contributed by atoms with Gasteiger partial charge in [0.25, 0.3) is 0 Å². The maximum atomic E-state index is 11.4. The molecule has 0 aliphatic rings. The molecular weight excluding hydrogens is 380 g/mol. The second-order valence-corrected chi connectivity index (χ2v) is 19.1. The van der Waals surface area contributed by atoms with Gasteiger partial charge in [-0.05, 0) is 17.4 Å². The Labute approximate surface area is 163 Å². The Kier molecular flexibility index (Phi) is 13.5. The molecule has 0 heterocycles. The molecule has 0 saturated carbocycles. The van der Waals surface area contributed by atoms with E-state index in [-0.39, 0.29) is 28.6 Å². The van der Waals surface area contributed by atoms with Crippen molar-refractivity contribution in [1.82, 2.24) is 0 Å². The zero-order valence-corrected chi connectivity index (χ0v) is 20.4. The van der Waals surface area contributed by atoms with Gasteiger partial charge in [-0.1, -0.05) is 73.9 Å². The van der Waals surface area contributed by atoms with E-state index >= 15 is 0 Å². The molecule has 0 amide bonds. The maximum Gasteiger partial charge on any atom is 1.00 e. The summed E-state index contributed by atoms with van der Waals surface area (Å²) >= 11 is 0. The second-order valence-electron chi connectivity index (χ2n) is 9.57. The number of hydrogen-bond acceptors (Lipinski definition) is 2. The van der Waals surface area contributed by atoms with Gasteiger partial charge in [0.2, 0.25) is 0 Å². The zero-order valence-electron chi connectivity index (χ0n) is 17.5. The topological polar surface area (TPSA) is 40.1 Å². The summed E-state index contributed by atoms with van der Waals surface area (Å²) in [5, 5.41) is 11.4. The smallest absolute Gasteiger partial charge is 0.875 e. The summed E-state index contributed by atoms with van der Waals surface area (Å²) in [6.07, 6.45) is 1.70. The van der Waals surface area contributed by atoms with Crippen LogP contribution in [0.4, 0.5) is 0 Å². The molecule has 144 valence electrons. The molecular formula is C19H37CuO2Si2. The molecule has 0 aliphatic carbocycles. The summed E-state index contributed by atoms with van der Waals surface area (Å²) in [6, 6.07) is 0. The van der Waals surface area contributed by atoms with Crippen molar-refractivity contribution in [3.63, 3.8) is 0 Å². The van der Waals surface area contributed by atoms with Crippen molar-refractivity contribution in [2.24, 2.45) is 11.3 Å². The Morgan fingerprint density at radius 2 is 1.33 bits per heavy atom. The van der Waals surface area contributed by atoms with Gasteiger partial charge in [0.05, 0.1) is 0 Å². The minimum Gasteiger partial charge on any atom is -0.875 e. The van der Waals surface area contributed by atoms with Gasteiger partial charge in [-0.3, -0.25) is 4.79 Å². The summed E-state index contributed by atoms with van der Waals surface area (Å²) in [5.74, 6) is 0.171. The van der Waals surface area contributed by atoms with E-state index in [2.05, 4.69) is 50.4 Å². The normalized spacial score (nSPS) is 12.4. The number of ketones is 1. The van der Waals surface area contributed by atoms with Crippen LogP contribution in [0.25, 0.3) is 0 Å². The molecule has 0 saturated heterocycles. The molecule has 0 aromatic carbocycles. The summed E-state index contributed by atoms with van der Waals surface area (Å²) in [4.78, 5) is 11.2. The number of hydrogen-bond donors (Lipinski definition) is 0. The van der Waals surface area contributed by atoms with E-state index in [9.17, 15) is 9.90 Å². The van der Waals surface area contributed by atoms with Gasteiger partial charge in [-0.15, -0.1) is 16.8 Å². The fraction of sp³-hybridized carbons (Fsp3) is 0.737. The Morgan fingerprint density at radius 1 is 1.00 bits per heavy atom. The van der Waals surface area contributed by atoms with Crippen LogP contribution in [0.2, 0.25) is 39.3 Å². The summed E-state index contributed by atoms with van der Waals surface area (Å²) in [6.45, 7) is 23.1. The molecule has 0 N–H and O–H groups in total. The number of carbonyl (C=O) groups is 1. The van der Waals surface area contributed by atoms with Crippen molar-refractivity contribution >= 4 is 21.9 Å². The van der Waals surface area contributed by atoms with E-state index in [1.54, 1.807) is 0 Å². The van der Waals surface area contributed by atoms with Crippen molar-refractivity contribution in [2.75, 3.05) is 0 Å². The largest absolute Gasteiger partial charge is 1.00 e. The first-order valence-electron chi connectivity index (χ1n) is 8.40. The van der Waals surface area contributed by atoms with Crippen LogP contribution < -0.4 is 5.11 Å².